The molecular weight excluding hydrogens is 153 g/mol. The van der Waals surface area contributed by atoms with Crippen LogP contribution in [0.2, 0.25) is 0 Å². The minimum Gasteiger partial charge on any atom is -0.266 e. The predicted molar refractivity (Wildman–Crippen MR) is 33.6 cm³/mol. The second-order valence-electron chi connectivity index (χ2n) is 2.99. The fourth-order valence-electron chi connectivity index (χ4n) is 1.41. The molecule has 0 radical (unpaired) electrons. The molecule has 0 aromatic carbocycles. The lowest BCUT2D eigenvalue weighted by Crippen LogP contribution is -2.27. The zero-order chi connectivity index (χ0) is 8.43. The van der Waals surface area contributed by atoms with Gasteiger partial charge in [0.25, 0.3) is 0 Å². The Labute approximate surface area is 64.0 Å². The molecule has 0 aromatic rings. The maximum atomic E-state index is 12.8. The average molecular weight is 165 g/mol. The van der Waals surface area contributed by atoms with E-state index >= 15 is 0 Å². The Morgan fingerprint density at radius 3 is 2.45 bits per heavy atom. The van der Waals surface area contributed by atoms with E-state index in [0.29, 0.717) is 12.8 Å². The summed E-state index contributed by atoms with van der Waals surface area (Å²) in [5.41, 5.74) is 0. The summed E-state index contributed by atoms with van der Waals surface area (Å²) in [4.78, 5) is 4.36. The lowest BCUT2D eigenvalue weighted by molar-refractivity contribution is -0.506. The first-order valence-electron chi connectivity index (χ1n) is 3.58. The molecule has 1 aliphatic carbocycles. The lowest BCUT2D eigenvalue weighted by Gasteiger charge is -2.14. The van der Waals surface area contributed by atoms with Crippen molar-refractivity contribution in [3.63, 3.8) is 0 Å². The van der Waals surface area contributed by atoms with E-state index < -0.39 is 17.7 Å². The third-order valence-electron chi connectivity index (χ3n) is 1.90. The van der Waals surface area contributed by atoms with Crippen LogP contribution in [0.4, 0.5) is 4.39 Å². The van der Waals surface area contributed by atoms with Crippen LogP contribution in [0.3, 0.4) is 0 Å². The van der Waals surface area contributed by atoms with E-state index in [0.717, 1.165) is 0 Å². The highest BCUT2D eigenvalue weighted by Gasteiger charge is 2.34. The van der Waals surface area contributed by atoms with Crippen molar-refractivity contribution in [2.75, 3.05) is 0 Å². The summed E-state index contributed by atoms with van der Waals surface area (Å²) in [5.74, 6) is 0.245. The van der Waals surface area contributed by atoms with Gasteiger partial charge in [-0.2, -0.15) is 0 Å². The van der Waals surface area contributed by atoms with Crippen LogP contribution in [0.25, 0.3) is 0 Å². The van der Waals surface area contributed by atoms with Gasteiger partial charge in [0.15, 0.2) is 0 Å². The van der Waals surface area contributed by atoms with Crippen LogP contribution in [0.15, 0.2) is 0 Å². The molecule has 1 rings (SSSR count). The van der Waals surface area contributed by atoms with E-state index in [1.165, 1.54) is 0 Å². The molecule has 11 heavy (non-hydrogen) atoms. The van der Waals surface area contributed by atoms with Gasteiger partial charge < -0.3 is 0 Å². The Morgan fingerprint density at radius 2 is 2.09 bits per heavy atom. The van der Waals surface area contributed by atoms with Crippen molar-refractivity contribution in [1.29, 1.82) is 0 Å². The molecule has 0 heterocycles. The standard InChI is InChI=1S/C6H12FNO3/c1-4-2-5(7)6(3-4)11-8(9)10/h4-6,9-10H,2-3H2,1H3. The van der Waals surface area contributed by atoms with Crippen LogP contribution < -0.4 is 0 Å². The molecule has 66 valence electrons. The van der Waals surface area contributed by atoms with Crippen molar-refractivity contribution < 1.29 is 19.6 Å². The van der Waals surface area contributed by atoms with Gasteiger partial charge in [-0.3, -0.25) is 10.4 Å². The highest BCUT2D eigenvalue weighted by Crippen LogP contribution is 2.30. The molecule has 0 spiro atoms. The monoisotopic (exact) mass is 165 g/mol. The van der Waals surface area contributed by atoms with Crippen LogP contribution in [0.5, 0.6) is 0 Å². The molecule has 0 aliphatic heterocycles. The Bertz CT molecular complexity index is 133. The maximum Gasteiger partial charge on any atom is 0.129 e. The molecule has 5 heteroatoms. The molecule has 3 atom stereocenters. The molecule has 0 aromatic heterocycles. The van der Waals surface area contributed by atoms with E-state index in [4.69, 9.17) is 10.4 Å². The van der Waals surface area contributed by atoms with E-state index in [1.807, 2.05) is 6.92 Å². The molecule has 2 N–H and O–H groups in total. The largest absolute Gasteiger partial charge is 0.266 e. The molecule has 4 nitrogen and oxygen atoms in total. The van der Waals surface area contributed by atoms with E-state index in [2.05, 4.69) is 4.84 Å². The zero-order valence-electron chi connectivity index (χ0n) is 6.27. The van der Waals surface area contributed by atoms with E-state index in [1.54, 1.807) is 0 Å². The van der Waals surface area contributed by atoms with Gasteiger partial charge in [-0.05, 0) is 18.8 Å². The summed E-state index contributed by atoms with van der Waals surface area (Å²) in [6, 6.07) is 0. The normalized spacial score (nSPS) is 38.5. The number of hydrogen-bond donors (Lipinski definition) is 2. The Hall–Kier alpha value is -0.230. The zero-order valence-corrected chi connectivity index (χ0v) is 6.27. The highest BCUT2D eigenvalue weighted by molar-refractivity contribution is 4.81. The van der Waals surface area contributed by atoms with Gasteiger partial charge in [-0.15, -0.1) is 0 Å². The minimum absolute atomic E-state index is 0.245. The fourth-order valence-corrected chi connectivity index (χ4v) is 1.41. The first-order valence-corrected chi connectivity index (χ1v) is 3.58. The summed E-state index contributed by atoms with van der Waals surface area (Å²) < 4.78 is 12.8. The number of hydrogen-bond acceptors (Lipinski definition) is 4. The topological polar surface area (TPSA) is 52.9 Å². The number of rotatable bonds is 2. The first-order chi connectivity index (χ1) is 5.09. The number of nitrogens with zero attached hydrogens (tertiary/aromatic N) is 1. The fraction of sp³-hybridized carbons (Fsp3) is 1.00. The summed E-state index contributed by atoms with van der Waals surface area (Å²) >= 11 is 0. The van der Waals surface area contributed by atoms with Gasteiger partial charge >= 0.3 is 0 Å². The molecule has 1 saturated carbocycles. The van der Waals surface area contributed by atoms with Crippen LogP contribution in [-0.2, 0) is 4.84 Å². The Kier molecular flexibility index (Phi) is 2.78. The highest BCUT2D eigenvalue weighted by atomic mass is 19.1. The van der Waals surface area contributed by atoms with Crippen molar-refractivity contribution in [2.45, 2.75) is 32.0 Å². The number of halogens is 1. The van der Waals surface area contributed by atoms with Crippen LogP contribution in [-0.4, -0.2) is 28.1 Å². The Balaban J connectivity index is 2.34. The average Bonchev–Trinajstić information content (AvgIpc) is 2.09. The summed E-state index contributed by atoms with van der Waals surface area (Å²) in [6.45, 7) is 1.90. The number of alkyl halides is 1. The van der Waals surface area contributed by atoms with Crippen molar-refractivity contribution in [2.24, 2.45) is 5.92 Å². The third-order valence-corrected chi connectivity index (χ3v) is 1.90. The SMILES string of the molecule is CC1CC(F)C(ON(O)O)C1. The van der Waals surface area contributed by atoms with Crippen LogP contribution >= 0.6 is 0 Å². The minimum atomic E-state index is -1.09. The van der Waals surface area contributed by atoms with Gasteiger partial charge in [-0.25, -0.2) is 9.23 Å². The lowest BCUT2D eigenvalue weighted by atomic mass is 10.1. The summed E-state index contributed by atoms with van der Waals surface area (Å²) in [7, 11) is 0. The quantitative estimate of drug-likeness (QED) is 0.602. The molecule has 0 amide bonds. The molecular formula is C6H12FNO3. The molecule has 0 saturated heterocycles. The van der Waals surface area contributed by atoms with Gasteiger partial charge in [0.05, 0.1) is 5.39 Å². The van der Waals surface area contributed by atoms with E-state index in [-0.39, 0.29) is 5.92 Å². The van der Waals surface area contributed by atoms with Crippen molar-refractivity contribution in [3.8, 4) is 0 Å². The molecule has 1 aliphatic rings. The second kappa shape index (κ2) is 3.44. The first kappa shape index (κ1) is 8.86. The van der Waals surface area contributed by atoms with Crippen molar-refractivity contribution in [1.82, 2.24) is 5.39 Å². The van der Waals surface area contributed by atoms with Gasteiger partial charge in [0, 0.05) is 0 Å². The van der Waals surface area contributed by atoms with Crippen LogP contribution in [0.1, 0.15) is 19.8 Å². The van der Waals surface area contributed by atoms with Gasteiger partial charge in [0.1, 0.15) is 12.3 Å². The van der Waals surface area contributed by atoms with Crippen LogP contribution in [0, 0.1) is 5.92 Å². The molecule has 1 fully saturated rings. The van der Waals surface area contributed by atoms with Gasteiger partial charge in [0.2, 0.25) is 0 Å². The maximum absolute atomic E-state index is 12.8. The summed E-state index contributed by atoms with van der Waals surface area (Å²) in [6.07, 6.45) is -0.844. The predicted octanol–water partition coefficient (Wildman–Crippen LogP) is 1.14. The third kappa shape index (κ3) is 2.37. The van der Waals surface area contributed by atoms with Crippen molar-refractivity contribution in [3.05, 3.63) is 0 Å². The Morgan fingerprint density at radius 1 is 1.45 bits per heavy atom. The van der Waals surface area contributed by atoms with E-state index in [9.17, 15) is 4.39 Å². The smallest absolute Gasteiger partial charge is 0.129 e. The molecule has 0 bridgehead atoms. The second-order valence-corrected chi connectivity index (χ2v) is 2.99. The molecule has 3 unspecified atom stereocenters. The van der Waals surface area contributed by atoms with Crippen molar-refractivity contribution >= 4 is 0 Å². The summed E-state index contributed by atoms with van der Waals surface area (Å²) in [5, 5.41) is 16.0. The van der Waals surface area contributed by atoms with Gasteiger partial charge in [-0.1, -0.05) is 6.92 Å².